The Hall–Kier alpha value is -2.04. The van der Waals surface area contributed by atoms with Gasteiger partial charge in [0, 0.05) is 28.7 Å². The molecule has 3 rings (SSSR count). The zero-order valence-electron chi connectivity index (χ0n) is 18.1. The largest absolute Gasteiger partial charge is 0.331 e. The Morgan fingerprint density at radius 2 is 1.93 bits per heavy atom. The fraction of sp³-hybridized carbons (Fsp3) is 0.417. The van der Waals surface area contributed by atoms with E-state index in [9.17, 15) is 4.79 Å². The van der Waals surface area contributed by atoms with E-state index in [1.165, 1.54) is 0 Å². The highest BCUT2D eigenvalue weighted by Gasteiger charge is 2.21. The van der Waals surface area contributed by atoms with Crippen molar-refractivity contribution >= 4 is 40.1 Å². The number of imidazole rings is 1. The zero-order chi connectivity index (χ0) is 21.8. The van der Waals surface area contributed by atoms with Gasteiger partial charge in [0.15, 0.2) is 0 Å². The molecule has 1 aromatic heterocycles. The summed E-state index contributed by atoms with van der Waals surface area (Å²) < 4.78 is 2.18. The van der Waals surface area contributed by atoms with Crippen LogP contribution in [0.25, 0.3) is 11.0 Å². The smallest absolute Gasteiger partial charge is 0.254 e. The minimum atomic E-state index is -0.0225. The van der Waals surface area contributed by atoms with Crippen molar-refractivity contribution in [2.24, 2.45) is 5.92 Å². The number of carbonyl (C=O) groups is 1. The highest BCUT2D eigenvalue weighted by molar-refractivity contribution is 6.31. The van der Waals surface area contributed by atoms with Gasteiger partial charge in [0.1, 0.15) is 5.82 Å². The summed E-state index contributed by atoms with van der Waals surface area (Å²) in [6.07, 6.45) is 1.89. The van der Waals surface area contributed by atoms with Crippen molar-refractivity contribution in [2.75, 3.05) is 6.54 Å². The van der Waals surface area contributed by atoms with Crippen molar-refractivity contribution < 1.29 is 4.79 Å². The average molecular weight is 446 g/mol. The number of hydrogen-bond donors (Lipinski definition) is 0. The molecule has 0 radical (unpaired) electrons. The molecular formula is C24H29Cl2N3O. The number of carbonyl (C=O) groups excluding carboxylic acids is 1. The first-order valence-corrected chi connectivity index (χ1v) is 11.3. The van der Waals surface area contributed by atoms with Gasteiger partial charge in [-0.1, -0.05) is 50.0 Å². The Kier molecular flexibility index (Phi) is 7.43. The summed E-state index contributed by atoms with van der Waals surface area (Å²) >= 11 is 12.5. The third-order valence-electron chi connectivity index (χ3n) is 5.25. The maximum atomic E-state index is 13.4. The maximum Gasteiger partial charge on any atom is 0.254 e. The number of nitrogens with zero attached hydrogens (tertiary/aromatic N) is 3. The Labute approximate surface area is 188 Å². The van der Waals surface area contributed by atoms with Gasteiger partial charge in [0.05, 0.1) is 17.6 Å². The maximum absolute atomic E-state index is 13.4. The second-order valence-electron chi connectivity index (χ2n) is 8.19. The van der Waals surface area contributed by atoms with Crippen molar-refractivity contribution in [3.63, 3.8) is 0 Å². The van der Waals surface area contributed by atoms with Crippen molar-refractivity contribution in [1.82, 2.24) is 14.5 Å². The number of amides is 1. The fourth-order valence-electron chi connectivity index (χ4n) is 3.49. The van der Waals surface area contributed by atoms with E-state index in [1.54, 1.807) is 6.07 Å². The van der Waals surface area contributed by atoms with Crippen LogP contribution in [0.1, 0.15) is 55.4 Å². The van der Waals surface area contributed by atoms with Gasteiger partial charge in [-0.15, -0.1) is 0 Å². The van der Waals surface area contributed by atoms with E-state index in [1.807, 2.05) is 42.2 Å². The Morgan fingerprint density at radius 1 is 1.17 bits per heavy atom. The molecule has 0 bridgehead atoms. The van der Waals surface area contributed by atoms with Crippen LogP contribution in [0.15, 0.2) is 36.4 Å². The van der Waals surface area contributed by atoms with Crippen LogP contribution in [0.4, 0.5) is 0 Å². The predicted molar refractivity (Wildman–Crippen MR) is 125 cm³/mol. The van der Waals surface area contributed by atoms with Crippen molar-refractivity contribution in [3.8, 4) is 0 Å². The van der Waals surface area contributed by atoms with Crippen LogP contribution in [0.5, 0.6) is 0 Å². The summed E-state index contributed by atoms with van der Waals surface area (Å²) in [5.74, 6) is 1.35. The van der Waals surface area contributed by atoms with E-state index in [-0.39, 0.29) is 5.91 Å². The van der Waals surface area contributed by atoms with E-state index in [2.05, 4.69) is 25.3 Å². The van der Waals surface area contributed by atoms with E-state index in [4.69, 9.17) is 28.2 Å². The van der Waals surface area contributed by atoms with Gasteiger partial charge in [-0.25, -0.2) is 4.98 Å². The molecular weight excluding hydrogens is 417 g/mol. The Bertz CT molecular complexity index is 1040. The molecule has 3 aromatic rings. The molecule has 6 heteroatoms. The number of aromatic nitrogens is 2. The summed E-state index contributed by atoms with van der Waals surface area (Å²) in [5.41, 5.74) is 3.48. The first-order chi connectivity index (χ1) is 14.3. The summed E-state index contributed by atoms with van der Waals surface area (Å²) in [6, 6.07) is 11.2. The third-order valence-corrected chi connectivity index (χ3v) is 5.89. The highest BCUT2D eigenvalue weighted by Crippen LogP contribution is 2.24. The molecule has 0 aliphatic rings. The van der Waals surface area contributed by atoms with Crippen LogP contribution in [-0.4, -0.2) is 26.9 Å². The summed E-state index contributed by atoms with van der Waals surface area (Å²) in [4.78, 5) is 20.1. The van der Waals surface area contributed by atoms with Crippen molar-refractivity contribution in [3.05, 3.63) is 63.4 Å². The SMILES string of the molecule is CCCn1c(CN(CCC(C)C)C(=O)c2ccc(C)c(Cl)c2)nc2ccc(Cl)cc21. The monoisotopic (exact) mass is 445 g/mol. The Balaban J connectivity index is 1.97. The van der Waals surface area contributed by atoms with Crippen LogP contribution in [0.2, 0.25) is 10.0 Å². The van der Waals surface area contributed by atoms with Crippen molar-refractivity contribution in [2.45, 2.75) is 53.6 Å². The first-order valence-electron chi connectivity index (χ1n) is 10.5. The van der Waals surface area contributed by atoms with Gasteiger partial charge >= 0.3 is 0 Å². The molecule has 4 nitrogen and oxygen atoms in total. The lowest BCUT2D eigenvalue weighted by molar-refractivity contribution is 0.0729. The molecule has 1 heterocycles. The topological polar surface area (TPSA) is 38.1 Å². The molecule has 0 saturated heterocycles. The van der Waals surface area contributed by atoms with Crippen LogP contribution >= 0.6 is 23.2 Å². The molecule has 0 N–H and O–H groups in total. The van der Waals surface area contributed by atoms with E-state index in [0.717, 1.165) is 41.8 Å². The van der Waals surface area contributed by atoms with Crippen LogP contribution < -0.4 is 0 Å². The predicted octanol–water partition coefficient (Wildman–Crippen LogP) is 6.75. The van der Waals surface area contributed by atoms with Crippen LogP contribution in [0.3, 0.4) is 0 Å². The standard InChI is InChI=1S/C24H29Cl2N3O/c1-5-11-29-22-14-19(25)8-9-21(22)27-23(29)15-28(12-10-16(2)3)24(30)18-7-6-17(4)20(26)13-18/h6-9,13-14,16H,5,10-12,15H2,1-4H3. The first kappa shape index (κ1) is 22.6. The molecule has 0 atom stereocenters. The molecule has 0 unspecified atom stereocenters. The molecule has 0 saturated carbocycles. The van der Waals surface area contributed by atoms with Gasteiger partial charge < -0.3 is 9.47 Å². The van der Waals surface area contributed by atoms with Crippen molar-refractivity contribution in [1.29, 1.82) is 0 Å². The Morgan fingerprint density at radius 3 is 2.60 bits per heavy atom. The normalized spacial score (nSPS) is 11.4. The summed E-state index contributed by atoms with van der Waals surface area (Å²) in [5, 5.41) is 1.30. The minimum Gasteiger partial charge on any atom is -0.331 e. The fourth-order valence-corrected chi connectivity index (χ4v) is 3.83. The van der Waals surface area contributed by atoms with Gasteiger partial charge in [0.2, 0.25) is 0 Å². The second kappa shape index (κ2) is 9.84. The molecule has 160 valence electrons. The van der Waals surface area contributed by atoms with E-state index in [0.29, 0.717) is 34.6 Å². The lowest BCUT2D eigenvalue weighted by Gasteiger charge is -2.24. The molecule has 0 aliphatic carbocycles. The summed E-state index contributed by atoms with van der Waals surface area (Å²) in [6.45, 7) is 10.3. The quantitative estimate of drug-likeness (QED) is 0.384. The number of benzene rings is 2. The number of fused-ring (bicyclic) bond motifs is 1. The summed E-state index contributed by atoms with van der Waals surface area (Å²) in [7, 11) is 0. The number of aryl methyl sites for hydroxylation is 2. The van der Waals surface area contributed by atoms with Crippen LogP contribution in [0, 0.1) is 12.8 Å². The van der Waals surface area contributed by atoms with Gasteiger partial charge in [-0.2, -0.15) is 0 Å². The van der Waals surface area contributed by atoms with E-state index < -0.39 is 0 Å². The number of halogens is 2. The van der Waals surface area contributed by atoms with Gasteiger partial charge in [-0.3, -0.25) is 4.79 Å². The van der Waals surface area contributed by atoms with Gasteiger partial charge in [0.25, 0.3) is 5.91 Å². The minimum absolute atomic E-state index is 0.0225. The molecule has 0 fully saturated rings. The van der Waals surface area contributed by atoms with E-state index >= 15 is 0 Å². The number of hydrogen-bond acceptors (Lipinski definition) is 2. The number of rotatable bonds is 8. The lowest BCUT2D eigenvalue weighted by atomic mass is 10.1. The second-order valence-corrected chi connectivity index (χ2v) is 9.03. The molecule has 1 amide bonds. The van der Waals surface area contributed by atoms with Crippen LogP contribution in [-0.2, 0) is 13.1 Å². The van der Waals surface area contributed by atoms with Gasteiger partial charge in [-0.05, 0) is 61.6 Å². The molecule has 0 aliphatic heterocycles. The highest BCUT2D eigenvalue weighted by atomic mass is 35.5. The molecule has 2 aromatic carbocycles. The average Bonchev–Trinajstić information content (AvgIpc) is 3.03. The zero-order valence-corrected chi connectivity index (χ0v) is 19.6. The molecule has 30 heavy (non-hydrogen) atoms. The lowest BCUT2D eigenvalue weighted by Crippen LogP contribution is -2.33. The molecule has 0 spiro atoms. The third kappa shape index (κ3) is 5.16.